The first-order chi connectivity index (χ1) is 9.15. The molecule has 0 radical (unpaired) electrons. The lowest BCUT2D eigenvalue weighted by Crippen LogP contribution is -2.34. The first kappa shape index (κ1) is 12.6. The van der Waals surface area contributed by atoms with Gasteiger partial charge in [0.2, 0.25) is 0 Å². The molecule has 1 aromatic carbocycles. The summed E-state index contributed by atoms with van der Waals surface area (Å²) in [4.78, 5) is 25.5. The average Bonchev–Trinajstić information content (AvgIpc) is 2.42. The third kappa shape index (κ3) is 2.55. The fraction of sp³-hybridized carbons (Fsp3) is 0.154. The standard InChI is InChI=1S/C13H11N3O3/c1-19-11-3-2-9(6-10(11)7-14)8-16-12(17)4-5-15-13(16)18/h2-6H,8H2,1H3,(H,15,18). The third-order valence-electron chi connectivity index (χ3n) is 2.67. The van der Waals surface area contributed by atoms with Gasteiger partial charge in [0.25, 0.3) is 5.56 Å². The Morgan fingerprint density at radius 2 is 2.16 bits per heavy atom. The van der Waals surface area contributed by atoms with Crippen LogP contribution < -0.4 is 16.0 Å². The molecule has 0 spiro atoms. The van der Waals surface area contributed by atoms with E-state index in [1.807, 2.05) is 6.07 Å². The number of methoxy groups -OCH3 is 1. The van der Waals surface area contributed by atoms with Gasteiger partial charge in [0.15, 0.2) is 0 Å². The monoisotopic (exact) mass is 257 g/mol. The van der Waals surface area contributed by atoms with Crippen molar-refractivity contribution in [1.29, 1.82) is 5.26 Å². The van der Waals surface area contributed by atoms with Crippen LogP contribution in [0.5, 0.6) is 5.75 Å². The lowest BCUT2D eigenvalue weighted by molar-refractivity contribution is 0.413. The Hall–Kier alpha value is -2.81. The van der Waals surface area contributed by atoms with Gasteiger partial charge in [0, 0.05) is 12.3 Å². The van der Waals surface area contributed by atoms with Crippen LogP contribution in [0.1, 0.15) is 11.1 Å². The van der Waals surface area contributed by atoms with Gasteiger partial charge in [0.1, 0.15) is 11.8 Å². The quantitative estimate of drug-likeness (QED) is 0.865. The zero-order valence-corrected chi connectivity index (χ0v) is 10.2. The van der Waals surface area contributed by atoms with Crippen LogP contribution >= 0.6 is 0 Å². The number of nitrogens with one attached hydrogen (secondary N) is 1. The minimum absolute atomic E-state index is 0.105. The Balaban J connectivity index is 2.43. The van der Waals surface area contributed by atoms with Crippen molar-refractivity contribution in [2.24, 2.45) is 0 Å². The van der Waals surface area contributed by atoms with E-state index in [0.717, 1.165) is 4.57 Å². The van der Waals surface area contributed by atoms with Gasteiger partial charge in [-0.25, -0.2) is 4.79 Å². The number of aromatic nitrogens is 2. The highest BCUT2D eigenvalue weighted by Crippen LogP contribution is 2.18. The molecule has 2 aromatic rings. The van der Waals surface area contributed by atoms with Crippen LogP contribution in [0.25, 0.3) is 0 Å². The largest absolute Gasteiger partial charge is 0.495 e. The SMILES string of the molecule is COc1ccc(Cn2c(=O)cc[nH]c2=O)cc1C#N. The summed E-state index contributed by atoms with van der Waals surface area (Å²) in [5.41, 5.74) is 0.163. The van der Waals surface area contributed by atoms with Crippen molar-refractivity contribution in [3.63, 3.8) is 0 Å². The molecule has 0 amide bonds. The number of nitriles is 1. The van der Waals surface area contributed by atoms with Gasteiger partial charge in [0.05, 0.1) is 19.2 Å². The van der Waals surface area contributed by atoms with Crippen LogP contribution in [-0.4, -0.2) is 16.7 Å². The molecule has 0 atom stereocenters. The van der Waals surface area contributed by atoms with Gasteiger partial charge in [-0.1, -0.05) is 6.07 Å². The molecule has 1 heterocycles. The molecule has 19 heavy (non-hydrogen) atoms. The number of benzene rings is 1. The number of hydrogen-bond donors (Lipinski definition) is 1. The predicted molar refractivity (Wildman–Crippen MR) is 68.1 cm³/mol. The van der Waals surface area contributed by atoms with Gasteiger partial charge in [-0.15, -0.1) is 0 Å². The lowest BCUT2D eigenvalue weighted by atomic mass is 10.1. The predicted octanol–water partition coefficient (Wildman–Crippen LogP) is 0.465. The van der Waals surface area contributed by atoms with Crippen LogP contribution in [0.4, 0.5) is 0 Å². The molecule has 0 aliphatic heterocycles. The first-order valence-electron chi connectivity index (χ1n) is 5.51. The van der Waals surface area contributed by atoms with Gasteiger partial charge >= 0.3 is 5.69 Å². The first-order valence-corrected chi connectivity index (χ1v) is 5.51. The third-order valence-corrected chi connectivity index (χ3v) is 2.67. The molecule has 2 rings (SSSR count). The molecule has 0 aliphatic carbocycles. The summed E-state index contributed by atoms with van der Waals surface area (Å²) in [7, 11) is 1.47. The minimum atomic E-state index is -0.484. The van der Waals surface area contributed by atoms with Crippen LogP contribution in [-0.2, 0) is 6.54 Å². The summed E-state index contributed by atoms with van der Waals surface area (Å²) >= 11 is 0. The van der Waals surface area contributed by atoms with Crippen LogP contribution in [0.3, 0.4) is 0 Å². The number of ether oxygens (including phenoxy) is 1. The van der Waals surface area contributed by atoms with Gasteiger partial charge in [-0.05, 0) is 17.7 Å². The number of hydrogen-bond acceptors (Lipinski definition) is 4. The Morgan fingerprint density at radius 3 is 2.79 bits per heavy atom. The maximum absolute atomic E-state index is 11.6. The summed E-state index contributed by atoms with van der Waals surface area (Å²) in [6.45, 7) is 0.105. The maximum Gasteiger partial charge on any atom is 0.328 e. The van der Waals surface area contributed by atoms with E-state index in [2.05, 4.69) is 4.98 Å². The molecule has 1 aromatic heterocycles. The van der Waals surface area contributed by atoms with Crippen molar-refractivity contribution in [1.82, 2.24) is 9.55 Å². The lowest BCUT2D eigenvalue weighted by Gasteiger charge is -2.07. The minimum Gasteiger partial charge on any atom is -0.495 e. The van der Waals surface area contributed by atoms with E-state index >= 15 is 0 Å². The number of nitrogens with zero attached hydrogens (tertiary/aromatic N) is 2. The maximum atomic E-state index is 11.6. The molecule has 0 unspecified atom stereocenters. The summed E-state index contributed by atoms with van der Waals surface area (Å²) in [5, 5.41) is 8.98. The zero-order chi connectivity index (χ0) is 13.8. The fourth-order valence-corrected chi connectivity index (χ4v) is 1.73. The molecule has 0 aliphatic rings. The molecule has 96 valence electrons. The van der Waals surface area contributed by atoms with Crippen LogP contribution in [0, 0.1) is 11.3 Å². The second-order valence-corrected chi connectivity index (χ2v) is 3.85. The highest BCUT2D eigenvalue weighted by Gasteiger charge is 2.06. The molecule has 0 fully saturated rings. The topological polar surface area (TPSA) is 87.9 Å². The Morgan fingerprint density at radius 1 is 1.37 bits per heavy atom. The van der Waals surface area contributed by atoms with Crippen LogP contribution in [0.2, 0.25) is 0 Å². The van der Waals surface area contributed by atoms with E-state index in [1.165, 1.54) is 19.4 Å². The normalized spacial score (nSPS) is 9.89. The average molecular weight is 257 g/mol. The van der Waals surface area contributed by atoms with Crippen LogP contribution in [0.15, 0.2) is 40.1 Å². The molecule has 0 saturated heterocycles. The van der Waals surface area contributed by atoms with E-state index in [1.54, 1.807) is 18.2 Å². The zero-order valence-electron chi connectivity index (χ0n) is 10.2. The number of rotatable bonds is 3. The van der Waals surface area contributed by atoms with Crippen molar-refractivity contribution < 1.29 is 4.74 Å². The van der Waals surface area contributed by atoms with E-state index in [4.69, 9.17) is 10.00 Å². The Kier molecular flexibility index (Phi) is 3.48. The summed E-state index contributed by atoms with van der Waals surface area (Å²) in [6.07, 6.45) is 1.30. The molecule has 1 N–H and O–H groups in total. The van der Waals surface area contributed by atoms with Crippen molar-refractivity contribution in [3.8, 4) is 11.8 Å². The highest BCUT2D eigenvalue weighted by molar-refractivity contribution is 5.45. The number of H-pyrrole nitrogens is 1. The Bertz CT molecular complexity index is 724. The second kappa shape index (κ2) is 5.23. The van der Waals surface area contributed by atoms with E-state index in [9.17, 15) is 9.59 Å². The summed E-state index contributed by atoms with van der Waals surface area (Å²) in [5.74, 6) is 0.459. The van der Waals surface area contributed by atoms with E-state index in [-0.39, 0.29) is 6.54 Å². The summed E-state index contributed by atoms with van der Waals surface area (Å²) in [6, 6.07) is 8.21. The van der Waals surface area contributed by atoms with E-state index < -0.39 is 11.2 Å². The summed E-state index contributed by atoms with van der Waals surface area (Å²) < 4.78 is 6.09. The smallest absolute Gasteiger partial charge is 0.328 e. The molecule has 0 saturated carbocycles. The van der Waals surface area contributed by atoms with Crippen molar-refractivity contribution in [2.45, 2.75) is 6.54 Å². The van der Waals surface area contributed by atoms with Gasteiger partial charge in [-0.3, -0.25) is 9.36 Å². The molecule has 6 nitrogen and oxygen atoms in total. The molecular formula is C13H11N3O3. The molecule has 0 bridgehead atoms. The highest BCUT2D eigenvalue weighted by atomic mass is 16.5. The van der Waals surface area contributed by atoms with E-state index in [0.29, 0.717) is 16.9 Å². The second-order valence-electron chi connectivity index (χ2n) is 3.85. The Labute approximate surface area is 108 Å². The molecular weight excluding hydrogens is 246 g/mol. The van der Waals surface area contributed by atoms with Crippen molar-refractivity contribution >= 4 is 0 Å². The van der Waals surface area contributed by atoms with Crippen molar-refractivity contribution in [2.75, 3.05) is 7.11 Å². The fourth-order valence-electron chi connectivity index (χ4n) is 1.73. The molecule has 6 heteroatoms. The van der Waals surface area contributed by atoms with Crippen molar-refractivity contribution in [3.05, 3.63) is 62.4 Å². The number of aromatic amines is 1. The van der Waals surface area contributed by atoms with Gasteiger partial charge < -0.3 is 9.72 Å². The van der Waals surface area contributed by atoms with Gasteiger partial charge in [-0.2, -0.15) is 5.26 Å².